The highest BCUT2D eigenvalue weighted by atomic mass is 127. The number of ether oxygens (including phenoxy) is 1. The second kappa shape index (κ2) is 9.74. The van der Waals surface area contributed by atoms with Gasteiger partial charge in [0.25, 0.3) is 5.91 Å². The van der Waals surface area contributed by atoms with Crippen molar-refractivity contribution in [1.29, 1.82) is 0 Å². The molecule has 0 saturated carbocycles. The maximum atomic E-state index is 13.1. The number of aromatic nitrogens is 1. The standard InChI is InChI=1S/C24H24IN3O3/c1-2-12-28-13-11-21-19(14-28)23(18-5-3-4-6-20(18)27-21)24(30)31-15-22(29)26-17-9-7-16(25)8-10-17/h3-10H,2,11-15H2,1H3,(H,26,29). The molecule has 2 aromatic carbocycles. The van der Waals surface area contributed by atoms with Gasteiger partial charge >= 0.3 is 5.97 Å². The monoisotopic (exact) mass is 529 g/mol. The van der Waals surface area contributed by atoms with Gasteiger partial charge in [-0.25, -0.2) is 4.79 Å². The summed E-state index contributed by atoms with van der Waals surface area (Å²) in [6, 6.07) is 15.0. The number of fused-ring (bicyclic) bond motifs is 2. The number of benzene rings is 2. The topological polar surface area (TPSA) is 71.5 Å². The van der Waals surface area contributed by atoms with Gasteiger partial charge in [-0.1, -0.05) is 25.1 Å². The lowest BCUT2D eigenvalue weighted by molar-refractivity contribution is -0.119. The molecule has 0 fully saturated rings. The summed E-state index contributed by atoms with van der Waals surface area (Å²) in [7, 11) is 0. The molecule has 0 bridgehead atoms. The quantitative estimate of drug-likeness (QED) is 0.379. The highest BCUT2D eigenvalue weighted by Crippen LogP contribution is 2.29. The lowest BCUT2D eigenvalue weighted by Crippen LogP contribution is -2.33. The zero-order valence-corrected chi connectivity index (χ0v) is 19.5. The summed E-state index contributed by atoms with van der Waals surface area (Å²) >= 11 is 2.20. The maximum Gasteiger partial charge on any atom is 0.339 e. The van der Waals surface area contributed by atoms with Gasteiger partial charge in [-0.15, -0.1) is 0 Å². The molecule has 1 amide bonds. The van der Waals surface area contributed by atoms with Crippen molar-refractivity contribution in [3.05, 3.63) is 68.9 Å². The third-order valence-corrected chi connectivity index (χ3v) is 6.05. The fraction of sp³-hybridized carbons (Fsp3) is 0.292. The Bertz CT molecular complexity index is 1120. The van der Waals surface area contributed by atoms with Crippen LogP contribution in [0.5, 0.6) is 0 Å². The number of amides is 1. The Morgan fingerprint density at radius 1 is 1.16 bits per heavy atom. The van der Waals surface area contributed by atoms with Gasteiger partial charge in [-0.3, -0.25) is 14.7 Å². The molecule has 0 atom stereocenters. The number of nitrogens with zero attached hydrogens (tertiary/aromatic N) is 2. The van der Waals surface area contributed by atoms with Crippen molar-refractivity contribution in [1.82, 2.24) is 9.88 Å². The number of hydrogen-bond donors (Lipinski definition) is 1. The second-order valence-electron chi connectivity index (χ2n) is 7.59. The first-order valence-electron chi connectivity index (χ1n) is 10.4. The molecule has 6 nitrogen and oxygen atoms in total. The van der Waals surface area contributed by atoms with E-state index in [4.69, 9.17) is 9.72 Å². The number of pyridine rings is 1. The summed E-state index contributed by atoms with van der Waals surface area (Å²) in [4.78, 5) is 32.6. The summed E-state index contributed by atoms with van der Waals surface area (Å²) in [5.74, 6) is -0.847. The van der Waals surface area contributed by atoms with E-state index < -0.39 is 5.97 Å². The third-order valence-electron chi connectivity index (χ3n) is 5.33. The Kier molecular flexibility index (Phi) is 6.82. The Labute approximate surface area is 195 Å². The van der Waals surface area contributed by atoms with Crippen molar-refractivity contribution in [2.75, 3.05) is 25.0 Å². The minimum atomic E-state index is -0.481. The average Bonchev–Trinajstić information content (AvgIpc) is 2.77. The number of carbonyl (C=O) groups excluding carboxylic acids is 2. The minimum Gasteiger partial charge on any atom is -0.452 e. The van der Waals surface area contributed by atoms with Gasteiger partial charge in [-0.05, 0) is 65.9 Å². The highest BCUT2D eigenvalue weighted by molar-refractivity contribution is 14.1. The number of esters is 1. The fourth-order valence-electron chi connectivity index (χ4n) is 3.92. The molecule has 0 radical (unpaired) electrons. The first-order valence-corrected chi connectivity index (χ1v) is 11.5. The SMILES string of the molecule is CCCN1CCc2nc3ccccc3c(C(=O)OCC(=O)Nc3ccc(I)cc3)c2C1. The summed E-state index contributed by atoms with van der Waals surface area (Å²) in [5, 5.41) is 3.53. The van der Waals surface area contributed by atoms with Crippen LogP contribution in [0.25, 0.3) is 10.9 Å². The largest absolute Gasteiger partial charge is 0.452 e. The van der Waals surface area contributed by atoms with Crippen LogP contribution < -0.4 is 5.32 Å². The van der Waals surface area contributed by atoms with Crippen LogP contribution in [0.4, 0.5) is 5.69 Å². The van der Waals surface area contributed by atoms with Crippen LogP contribution in [0, 0.1) is 3.57 Å². The Morgan fingerprint density at radius 2 is 1.94 bits per heavy atom. The first kappa shape index (κ1) is 21.7. The molecular formula is C24H24IN3O3. The van der Waals surface area contributed by atoms with E-state index >= 15 is 0 Å². The number of para-hydroxylation sites is 1. The van der Waals surface area contributed by atoms with Gasteiger partial charge < -0.3 is 10.1 Å². The first-order chi connectivity index (χ1) is 15.0. The van der Waals surface area contributed by atoms with Crippen molar-refractivity contribution in [3.8, 4) is 0 Å². The number of anilines is 1. The molecule has 4 rings (SSSR count). The molecule has 1 aromatic heterocycles. The number of carbonyl (C=O) groups is 2. The smallest absolute Gasteiger partial charge is 0.339 e. The van der Waals surface area contributed by atoms with Crippen LogP contribution in [-0.2, 0) is 22.5 Å². The summed E-state index contributed by atoms with van der Waals surface area (Å²) in [6.07, 6.45) is 1.85. The van der Waals surface area contributed by atoms with E-state index in [-0.39, 0.29) is 12.5 Å². The van der Waals surface area contributed by atoms with Crippen LogP contribution in [-0.4, -0.2) is 41.5 Å². The number of hydrogen-bond acceptors (Lipinski definition) is 5. The zero-order valence-electron chi connectivity index (χ0n) is 17.4. The van der Waals surface area contributed by atoms with Gasteiger partial charge in [0, 0.05) is 45.4 Å². The lowest BCUT2D eigenvalue weighted by Gasteiger charge is -2.29. The Hall–Kier alpha value is -2.52. The van der Waals surface area contributed by atoms with Crippen LogP contribution in [0.1, 0.15) is 35.0 Å². The van der Waals surface area contributed by atoms with E-state index in [2.05, 4.69) is 39.7 Å². The van der Waals surface area contributed by atoms with Gasteiger partial charge in [0.15, 0.2) is 6.61 Å². The molecule has 0 unspecified atom stereocenters. The van der Waals surface area contributed by atoms with E-state index in [9.17, 15) is 9.59 Å². The molecule has 0 spiro atoms. The van der Waals surface area contributed by atoms with Crippen molar-refractivity contribution in [2.24, 2.45) is 0 Å². The molecule has 1 aliphatic rings. The fourth-order valence-corrected chi connectivity index (χ4v) is 4.28. The Balaban J connectivity index is 1.56. The van der Waals surface area contributed by atoms with E-state index in [0.717, 1.165) is 51.7 Å². The van der Waals surface area contributed by atoms with Crippen molar-refractivity contribution >= 4 is 51.1 Å². The molecule has 31 heavy (non-hydrogen) atoms. The maximum absolute atomic E-state index is 13.1. The van der Waals surface area contributed by atoms with Crippen LogP contribution >= 0.6 is 22.6 Å². The normalized spacial score (nSPS) is 13.6. The van der Waals surface area contributed by atoms with Crippen LogP contribution in [0.15, 0.2) is 48.5 Å². The summed E-state index contributed by atoms with van der Waals surface area (Å²) in [5.41, 5.74) is 3.84. The van der Waals surface area contributed by atoms with Gasteiger partial charge in [0.2, 0.25) is 0 Å². The van der Waals surface area contributed by atoms with Gasteiger partial charge in [0.05, 0.1) is 11.1 Å². The summed E-state index contributed by atoms with van der Waals surface area (Å²) in [6.45, 7) is 4.38. The van der Waals surface area contributed by atoms with Crippen molar-refractivity contribution < 1.29 is 14.3 Å². The minimum absolute atomic E-state index is 0.338. The molecule has 1 aliphatic heterocycles. The zero-order chi connectivity index (χ0) is 21.8. The highest BCUT2D eigenvalue weighted by Gasteiger charge is 2.26. The molecule has 0 aliphatic carbocycles. The number of halogens is 1. The molecule has 7 heteroatoms. The molecule has 3 aromatic rings. The van der Waals surface area contributed by atoms with E-state index in [1.807, 2.05) is 48.5 Å². The Morgan fingerprint density at radius 3 is 2.71 bits per heavy atom. The van der Waals surface area contributed by atoms with Crippen LogP contribution in [0.3, 0.4) is 0 Å². The lowest BCUT2D eigenvalue weighted by atomic mass is 9.95. The number of nitrogens with one attached hydrogen (secondary N) is 1. The molecule has 0 saturated heterocycles. The van der Waals surface area contributed by atoms with Gasteiger partial charge in [0.1, 0.15) is 0 Å². The van der Waals surface area contributed by atoms with Crippen LogP contribution in [0.2, 0.25) is 0 Å². The van der Waals surface area contributed by atoms with E-state index in [0.29, 0.717) is 17.8 Å². The molecule has 1 N–H and O–H groups in total. The predicted molar refractivity (Wildman–Crippen MR) is 129 cm³/mol. The van der Waals surface area contributed by atoms with E-state index in [1.54, 1.807) is 0 Å². The third kappa shape index (κ3) is 5.04. The van der Waals surface area contributed by atoms with E-state index in [1.165, 1.54) is 0 Å². The molecular weight excluding hydrogens is 505 g/mol. The van der Waals surface area contributed by atoms with Gasteiger partial charge in [-0.2, -0.15) is 0 Å². The second-order valence-corrected chi connectivity index (χ2v) is 8.83. The number of rotatable bonds is 6. The summed E-state index contributed by atoms with van der Waals surface area (Å²) < 4.78 is 6.53. The van der Waals surface area contributed by atoms with Crippen molar-refractivity contribution in [3.63, 3.8) is 0 Å². The average molecular weight is 529 g/mol. The molecule has 160 valence electrons. The van der Waals surface area contributed by atoms with Crippen molar-refractivity contribution in [2.45, 2.75) is 26.3 Å². The molecule has 2 heterocycles. The predicted octanol–water partition coefficient (Wildman–Crippen LogP) is 4.40.